The van der Waals surface area contributed by atoms with Crippen molar-refractivity contribution in [2.24, 2.45) is 0 Å². The average molecular weight is 210 g/mol. The second kappa shape index (κ2) is 5.05. The first kappa shape index (κ1) is 11.1. The SMILES string of the molecule is N#CCCNC(=O)c1c(F)cccc1F. The molecule has 0 spiro atoms. The molecule has 1 rings (SSSR count). The number of rotatable bonds is 3. The van der Waals surface area contributed by atoms with Crippen LogP contribution in [0.25, 0.3) is 0 Å². The molecule has 0 aromatic heterocycles. The van der Waals surface area contributed by atoms with Crippen LogP contribution < -0.4 is 5.32 Å². The molecule has 0 saturated heterocycles. The minimum atomic E-state index is -0.913. The number of amides is 1. The number of hydrogen-bond acceptors (Lipinski definition) is 2. The first-order valence-electron chi connectivity index (χ1n) is 4.26. The molecule has 0 heterocycles. The van der Waals surface area contributed by atoms with Crippen LogP contribution in [0.2, 0.25) is 0 Å². The summed E-state index contributed by atoms with van der Waals surface area (Å²) < 4.78 is 26.1. The second-order valence-electron chi connectivity index (χ2n) is 2.76. The van der Waals surface area contributed by atoms with Crippen molar-refractivity contribution in [3.8, 4) is 6.07 Å². The maximum Gasteiger partial charge on any atom is 0.257 e. The molecule has 15 heavy (non-hydrogen) atoms. The summed E-state index contributed by atoms with van der Waals surface area (Å²) in [5.41, 5.74) is -0.615. The average Bonchev–Trinajstić information content (AvgIpc) is 2.18. The third kappa shape index (κ3) is 2.74. The number of nitrogens with zero attached hydrogens (tertiary/aromatic N) is 1. The molecule has 1 aromatic rings. The van der Waals surface area contributed by atoms with Crippen molar-refractivity contribution >= 4 is 5.91 Å². The number of benzene rings is 1. The van der Waals surface area contributed by atoms with Crippen LogP contribution in [0.1, 0.15) is 16.8 Å². The predicted octanol–water partition coefficient (Wildman–Crippen LogP) is 1.61. The Labute approximate surface area is 85.3 Å². The minimum Gasteiger partial charge on any atom is -0.351 e. The number of carbonyl (C=O) groups excluding carboxylic acids is 1. The van der Waals surface area contributed by atoms with Crippen LogP contribution >= 0.6 is 0 Å². The Bertz CT molecular complexity index is 392. The maximum atomic E-state index is 13.0. The van der Waals surface area contributed by atoms with Gasteiger partial charge in [0.1, 0.15) is 17.2 Å². The van der Waals surface area contributed by atoms with Gasteiger partial charge in [-0.2, -0.15) is 5.26 Å². The first-order chi connectivity index (χ1) is 7.16. The van der Waals surface area contributed by atoms with Crippen LogP contribution in [0.4, 0.5) is 8.78 Å². The van der Waals surface area contributed by atoms with Gasteiger partial charge in [-0.3, -0.25) is 4.79 Å². The zero-order valence-electron chi connectivity index (χ0n) is 7.76. The smallest absolute Gasteiger partial charge is 0.257 e. The van der Waals surface area contributed by atoms with Gasteiger partial charge < -0.3 is 5.32 Å². The molecule has 0 radical (unpaired) electrons. The lowest BCUT2D eigenvalue weighted by atomic mass is 10.2. The minimum absolute atomic E-state index is 0.0725. The number of hydrogen-bond donors (Lipinski definition) is 1. The summed E-state index contributed by atoms with van der Waals surface area (Å²) in [6.45, 7) is 0.0725. The van der Waals surface area contributed by atoms with Gasteiger partial charge in [-0.25, -0.2) is 8.78 Å². The van der Waals surface area contributed by atoms with E-state index < -0.39 is 23.1 Å². The Hall–Kier alpha value is -1.96. The van der Waals surface area contributed by atoms with Crippen LogP contribution in [-0.4, -0.2) is 12.5 Å². The lowest BCUT2D eigenvalue weighted by Crippen LogP contribution is -2.26. The molecular weight excluding hydrogens is 202 g/mol. The van der Waals surface area contributed by atoms with Crippen LogP contribution in [0.15, 0.2) is 18.2 Å². The van der Waals surface area contributed by atoms with E-state index in [2.05, 4.69) is 5.32 Å². The predicted molar refractivity (Wildman–Crippen MR) is 48.9 cm³/mol. The second-order valence-corrected chi connectivity index (χ2v) is 2.76. The van der Waals surface area contributed by atoms with Crippen molar-refractivity contribution in [2.75, 3.05) is 6.54 Å². The normalized spacial score (nSPS) is 9.40. The molecular formula is C10H8F2N2O. The Morgan fingerprint density at radius 1 is 1.40 bits per heavy atom. The summed E-state index contributed by atoms with van der Waals surface area (Å²) >= 11 is 0. The van der Waals surface area contributed by atoms with E-state index in [1.54, 1.807) is 6.07 Å². The van der Waals surface area contributed by atoms with Crippen molar-refractivity contribution in [2.45, 2.75) is 6.42 Å². The first-order valence-corrected chi connectivity index (χ1v) is 4.26. The molecule has 0 bridgehead atoms. The molecule has 0 aliphatic heterocycles. The third-order valence-corrected chi connectivity index (χ3v) is 1.71. The largest absolute Gasteiger partial charge is 0.351 e. The molecule has 3 nitrogen and oxygen atoms in total. The summed E-state index contributed by atoms with van der Waals surface area (Å²) in [4.78, 5) is 11.3. The summed E-state index contributed by atoms with van der Waals surface area (Å²) in [6.07, 6.45) is 0.0990. The Morgan fingerprint density at radius 2 is 2.00 bits per heavy atom. The van der Waals surface area contributed by atoms with Crippen molar-refractivity contribution < 1.29 is 13.6 Å². The van der Waals surface area contributed by atoms with Crippen molar-refractivity contribution in [3.63, 3.8) is 0 Å². The highest BCUT2D eigenvalue weighted by molar-refractivity contribution is 5.94. The molecule has 0 unspecified atom stereocenters. The lowest BCUT2D eigenvalue weighted by Gasteiger charge is -2.04. The highest BCUT2D eigenvalue weighted by Gasteiger charge is 2.15. The van der Waals surface area contributed by atoms with E-state index in [0.29, 0.717) is 0 Å². The molecule has 0 atom stereocenters. The third-order valence-electron chi connectivity index (χ3n) is 1.71. The molecule has 0 aliphatic rings. The molecule has 0 fully saturated rings. The Kier molecular flexibility index (Phi) is 3.75. The molecule has 0 saturated carbocycles. The number of halogens is 2. The van der Waals surface area contributed by atoms with Crippen LogP contribution in [-0.2, 0) is 0 Å². The fourth-order valence-corrected chi connectivity index (χ4v) is 1.04. The van der Waals surface area contributed by atoms with Gasteiger partial charge in [-0.1, -0.05) is 6.07 Å². The molecule has 1 aromatic carbocycles. The Morgan fingerprint density at radius 3 is 2.53 bits per heavy atom. The quantitative estimate of drug-likeness (QED) is 0.770. The van der Waals surface area contributed by atoms with Crippen LogP contribution in [0.5, 0.6) is 0 Å². The number of nitriles is 1. The van der Waals surface area contributed by atoms with Crippen LogP contribution in [0, 0.1) is 23.0 Å². The fraction of sp³-hybridized carbons (Fsp3) is 0.200. The molecule has 0 aliphatic carbocycles. The zero-order valence-corrected chi connectivity index (χ0v) is 7.76. The van der Waals surface area contributed by atoms with E-state index in [1.807, 2.05) is 0 Å². The highest BCUT2D eigenvalue weighted by Crippen LogP contribution is 2.11. The van der Waals surface area contributed by atoms with Crippen molar-refractivity contribution in [1.29, 1.82) is 5.26 Å². The molecule has 78 valence electrons. The van der Waals surface area contributed by atoms with E-state index in [-0.39, 0.29) is 13.0 Å². The summed E-state index contributed by atoms with van der Waals surface area (Å²) in [7, 11) is 0. The standard InChI is InChI=1S/C10H8F2N2O/c11-7-3-1-4-8(12)9(7)10(15)14-6-2-5-13/h1,3-4H,2,6H2,(H,14,15). The number of nitrogens with one attached hydrogen (secondary N) is 1. The summed E-state index contributed by atoms with van der Waals surface area (Å²) in [5.74, 6) is -2.67. The van der Waals surface area contributed by atoms with Gasteiger partial charge in [0, 0.05) is 6.54 Å². The molecule has 5 heteroatoms. The van der Waals surface area contributed by atoms with E-state index in [4.69, 9.17) is 5.26 Å². The zero-order chi connectivity index (χ0) is 11.3. The fourth-order valence-electron chi connectivity index (χ4n) is 1.04. The van der Waals surface area contributed by atoms with Crippen LogP contribution in [0.3, 0.4) is 0 Å². The summed E-state index contributed by atoms with van der Waals surface area (Å²) in [6, 6.07) is 4.98. The maximum absolute atomic E-state index is 13.0. The van der Waals surface area contributed by atoms with Gasteiger partial charge >= 0.3 is 0 Å². The van der Waals surface area contributed by atoms with Gasteiger partial charge in [-0.05, 0) is 12.1 Å². The summed E-state index contributed by atoms with van der Waals surface area (Å²) in [5, 5.41) is 10.4. The van der Waals surface area contributed by atoms with E-state index in [1.165, 1.54) is 6.07 Å². The lowest BCUT2D eigenvalue weighted by molar-refractivity contribution is 0.0946. The van der Waals surface area contributed by atoms with Crippen molar-refractivity contribution in [1.82, 2.24) is 5.32 Å². The number of carbonyl (C=O) groups is 1. The van der Waals surface area contributed by atoms with Gasteiger partial charge in [-0.15, -0.1) is 0 Å². The van der Waals surface area contributed by atoms with Gasteiger partial charge in [0.25, 0.3) is 5.91 Å². The van der Waals surface area contributed by atoms with Gasteiger partial charge in [0.05, 0.1) is 12.5 Å². The molecule has 1 N–H and O–H groups in total. The topological polar surface area (TPSA) is 52.9 Å². The molecule has 1 amide bonds. The van der Waals surface area contributed by atoms with E-state index >= 15 is 0 Å². The van der Waals surface area contributed by atoms with Crippen molar-refractivity contribution in [3.05, 3.63) is 35.4 Å². The van der Waals surface area contributed by atoms with E-state index in [0.717, 1.165) is 12.1 Å². The monoisotopic (exact) mass is 210 g/mol. The van der Waals surface area contributed by atoms with E-state index in [9.17, 15) is 13.6 Å². The van der Waals surface area contributed by atoms with Gasteiger partial charge in [0.15, 0.2) is 0 Å². The van der Waals surface area contributed by atoms with Gasteiger partial charge in [0.2, 0.25) is 0 Å². The highest BCUT2D eigenvalue weighted by atomic mass is 19.1. The Balaban J connectivity index is 2.78.